The fourth-order valence-corrected chi connectivity index (χ4v) is 2.66. The molecule has 0 saturated heterocycles. The minimum atomic E-state index is -0.385. The Kier molecular flexibility index (Phi) is 4.70. The molecule has 3 heterocycles. The topological polar surface area (TPSA) is 115 Å². The molecule has 27 heavy (non-hydrogen) atoms. The minimum absolute atomic E-state index is 0.376. The summed E-state index contributed by atoms with van der Waals surface area (Å²) in [5.41, 5.74) is 1.15. The lowest BCUT2D eigenvalue weighted by molar-refractivity contribution is 0.262. The quantitative estimate of drug-likeness (QED) is 0.537. The number of urea groups is 1. The summed E-state index contributed by atoms with van der Waals surface area (Å²) in [5.74, 6) is 1.47. The molecule has 0 spiro atoms. The molecule has 1 aromatic carbocycles. The standard InChI is InChI=1S/C17H12N6O3S/c24-16(21-14-3-1-2-8-18-14)20-11-4-6-12(7-5-11)26-17-22-15(23-27-17)13-9-25-10-19-13/h1-10H,(H2,18,20,21,24). The number of oxazole rings is 1. The highest BCUT2D eigenvalue weighted by Gasteiger charge is 2.11. The molecule has 0 aliphatic rings. The summed E-state index contributed by atoms with van der Waals surface area (Å²) in [6, 6.07) is 11.7. The van der Waals surface area contributed by atoms with E-state index >= 15 is 0 Å². The maximum Gasteiger partial charge on any atom is 0.324 e. The first-order valence-corrected chi connectivity index (χ1v) is 8.53. The van der Waals surface area contributed by atoms with E-state index in [2.05, 4.69) is 30.0 Å². The third-order valence-corrected chi connectivity index (χ3v) is 3.89. The zero-order chi connectivity index (χ0) is 18.5. The van der Waals surface area contributed by atoms with Crippen molar-refractivity contribution >= 4 is 29.1 Å². The van der Waals surface area contributed by atoms with Gasteiger partial charge in [-0.2, -0.15) is 9.36 Å². The first-order valence-electron chi connectivity index (χ1n) is 7.75. The van der Waals surface area contributed by atoms with Gasteiger partial charge in [0.1, 0.15) is 23.5 Å². The number of hydrogen-bond acceptors (Lipinski definition) is 8. The molecule has 0 atom stereocenters. The Morgan fingerprint density at radius 1 is 1.07 bits per heavy atom. The summed E-state index contributed by atoms with van der Waals surface area (Å²) < 4.78 is 14.7. The average molecular weight is 380 g/mol. The van der Waals surface area contributed by atoms with Crippen molar-refractivity contribution in [3.8, 4) is 22.5 Å². The van der Waals surface area contributed by atoms with Crippen LogP contribution in [0.25, 0.3) is 11.5 Å². The molecule has 0 bridgehead atoms. The Hall–Kier alpha value is -3.79. The summed E-state index contributed by atoms with van der Waals surface area (Å²) in [7, 11) is 0. The van der Waals surface area contributed by atoms with E-state index in [1.54, 1.807) is 48.7 Å². The lowest BCUT2D eigenvalue weighted by Crippen LogP contribution is -2.19. The van der Waals surface area contributed by atoms with Crippen LogP contribution in [0.2, 0.25) is 0 Å². The van der Waals surface area contributed by atoms with Gasteiger partial charge in [-0.25, -0.2) is 14.8 Å². The van der Waals surface area contributed by atoms with Crippen LogP contribution in [0.3, 0.4) is 0 Å². The highest BCUT2D eigenvalue weighted by Crippen LogP contribution is 2.27. The van der Waals surface area contributed by atoms with Crippen molar-refractivity contribution in [2.45, 2.75) is 0 Å². The fraction of sp³-hybridized carbons (Fsp3) is 0. The number of nitrogens with zero attached hydrogens (tertiary/aromatic N) is 4. The molecular formula is C17H12N6O3S. The van der Waals surface area contributed by atoms with E-state index in [0.717, 1.165) is 11.5 Å². The van der Waals surface area contributed by atoms with Gasteiger partial charge in [-0.3, -0.25) is 5.32 Å². The molecule has 0 fully saturated rings. The summed E-state index contributed by atoms with van der Waals surface area (Å²) >= 11 is 1.11. The van der Waals surface area contributed by atoms with Crippen molar-refractivity contribution in [3.63, 3.8) is 0 Å². The molecule has 4 rings (SSSR count). The van der Waals surface area contributed by atoms with E-state index in [1.807, 2.05) is 0 Å². The number of ether oxygens (including phenoxy) is 1. The molecule has 3 aromatic heterocycles. The van der Waals surface area contributed by atoms with E-state index < -0.39 is 0 Å². The smallest absolute Gasteiger partial charge is 0.324 e. The second-order valence-corrected chi connectivity index (χ2v) is 5.89. The van der Waals surface area contributed by atoms with Gasteiger partial charge < -0.3 is 14.5 Å². The number of nitrogens with one attached hydrogen (secondary N) is 2. The van der Waals surface area contributed by atoms with Crippen molar-refractivity contribution in [1.29, 1.82) is 0 Å². The molecule has 0 aliphatic carbocycles. The Morgan fingerprint density at radius 3 is 2.70 bits per heavy atom. The van der Waals surface area contributed by atoms with Crippen molar-refractivity contribution in [3.05, 3.63) is 61.3 Å². The molecule has 134 valence electrons. The van der Waals surface area contributed by atoms with E-state index in [4.69, 9.17) is 9.15 Å². The molecule has 2 N–H and O–H groups in total. The maximum atomic E-state index is 11.9. The summed E-state index contributed by atoms with van der Waals surface area (Å²) in [4.78, 5) is 24.2. The van der Waals surface area contributed by atoms with Gasteiger partial charge in [0.05, 0.1) is 0 Å². The number of pyridine rings is 1. The monoisotopic (exact) mass is 380 g/mol. The Labute approximate surface area is 157 Å². The zero-order valence-corrected chi connectivity index (χ0v) is 14.5. The summed E-state index contributed by atoms with van der Waals surface area (Å²) in [6.07, 6.45) is 4.37. The van der Waals surface area contributed by atoms with Crippen LogP contribution in [-0.2, 0) is 0 Å². The zero-order valence-electron chi connectivity index (χ0n) is 13.7. The number of carbonyl (C=O) groups is 1. The predicted molar refractivity (Wildman–Crippen MR) is 98.8 cm³/mol. The molecule has 0 radical (unpaired) electrons. The molecular weight excluding hydrogens is 368 g/mol. The fourth-order valence-electron chi connectivity index (χ4n) is 2.10. The average Bonchev–Trinajstić information content (AvgIpc) is 3.36. The highest BCUT2D eigenvalue weighted by molar-refractivity contribution is 7.07. The molecule has 0 aliphatic heterocycles. The second kappa shape index (κ2) is 7.62. The van der Waals surface area contributed by atoms with Crippen LogP contribution in [0.1, 0.15) is 0 Å². The van der Waals surface area contributed by atoms with E-state index in [9.17, 15) is 4.79 Å². The molecule has 2 amide bonds. The largest absolute Gasteiger partial charge is 0.451 e. The van der Waals surface area contributed by atoms with Crippen LogP contribution < -0.4 is 15.4 Å². The second-order valence-electron chi connectivity index (χ2n) is 5.18. The molecule has 10 heteroatoms. The number of hydrogen-bond donors (Lipinski definition) is 2. The Bertz CT molecular complexity index is 1020. The van der Waals surface area contributed by atoms with Crippen LogP contribution in [0.4, 0.5) is 16.3 Å². The van der Waals surface area contributed by atoms with Gasteiger partial charge in [0, 0.05) is 23.4 Å². The Balaban J connectivity index is 1.35. The number of aromatic nitrogens is 4. The minimum Gasteiger partial charge on any atom is -0.451 e. The number of rotatable bonds is 5. The van der Waals surface area contributed by atoms with Gasteiger partial charge in [-0.1, -0.05) is 6.07 Å². The van der Waals surface area contributed by atoms with E-state index in [-0.39, 0.29) is 6.03 Å². The third kappa shape index (κ3) is 4.25. The normalized spacial score (nSPS) is 10.4. The van der Waals surface area contributed by atoms with Gasteiger partial charge >= 0.3 is 6.03 Å². The predicted octanol–water partition coefficient (Wildman–Crippen LogP) is 4.02. The van der Waals surface area contributed by atoms with Gasteiger partial charge in [-0.15, -0.1) is 0 Å². The maximum absolute atomic E-state index is 11.9. The van der Waals surface area contributed by atoms with Crippen molar-refractivity contribution in [2.24, 2.45) is 0 Å². The summed E-state index contributed by atoms with van der Waals surface area (Å²) in [6.45, 7) is 0. The summed E-state index contributed by atoms with van der Waals surface area (Å²) in [5, 5.41) is 5.73. The molecule has 0 unspecified atom stereocenters. The van der Waals surface area contributed by atoms with Gasteiger partial charge in [0.25, 0.3) is 5.19 Å². The van der Waals surface area contributed by atoms with E-state index in [0.29, 0.717) is 34.0 Å². The van der Waals surface area contributed by atoms with Crippen LogP contribution in [-0.4, -0.2) is 25.4 Å². The van der Waals surface area contributed by atoms with Crippen LogP contribution in [0.15, 0.2) is 65.7 Å². The molecule has 9 nitrogen and oxygen atoms in total. The number of anilines is 2. The van der Waals surface area contributed by atoms with Crippen molar-refractivity contribution in [2.75, 3.05) is 10.6 Å². The van der Waals surface area contributed by atoms with Crippen LogP contribution in [0, 0.1) is 0 Å². The van der Waals surface area contributed by atoms with Crippen LogP contribution in [0.5, 0.6) is 10.9 Å². The number of benzene rings is 1. The lowest BCUT2D eigenvalue weighted by atomic mass is 10.3. The first kappa shape index (κ1) is 16.7. The van der Waals surface area contributed by atoms with Gasteiger partial charge in [-0.05, 0) is 36.4 Å². The van der Waals surface area contributed by atoms with Crippen molar-refractivity contribution in [1.82, 2.24) is 19.3 Å². The molecule has 0 saturated carbocycles. The van der Waals surface area contributed by atoms with Crippen molar-refractivity contribution < 1.29 is 13.9 Å². The lowest BCUT2D eigenvalue weighted by Gasteiger charge is -2.07. The van der Waals surface area contributed by atoms with Gasteiger partial charge in [0.2, 0.25) is 0 Å². The van der Waals surface area contributed by atoms with E-state index in [1.165, 1.54) is 12.7 Å². The molecule has 4 aromatic rings. The number of amides is 2. The third-order valence-electron chi connectivity index (χ3n) is 3.29. The number of carbonyl (C=O) groups excluding carboxylic acids is 1. The Morgan fingerprint density at radius 2 is 1.96 bits per heavy atom. The highest BCUT2D eigenvalue weighted by atomic mass is 32.1. The van der Waals surface area contributed by atoms with Gasteiger partial charge in [0.15, 0.2) is 12.2 Å². The first-order chi connectivity index (χ1) is 13.3. The SMILES string of the molecule is O=C(Nc1ccc(Oc2nc(-c3cocn3)ns2)cc1)Nc1ccccn1. The van der Waals surface area contributed by atoms with Crippen LogP contribution >= 0.6 is 11.5 Å².